The van der Waals surface area contributed by atoms with Crippen LogP contribution in [-0.2, 0) is 0 Å². The molecule has 0 aliphatic heterocycles. The van der Waals surface area contributed by atoms with Crippen molar-refractivity contribution >= 4 is 0 Å². The van der Waals surface area contributed by atoms with E-state index >= 15 is 0 Å². The lowest BCUT2D eigenvalue weighted by atomic mass is 9.70. The third kappa shape index (κ3) is 4.29. The van der Waals surface area contributed by atoms with Crippen molar-refractivity contribution in [2.45, 2.75) is 65.8 Å². The second kappa shape index (κ2) is 6.91. The molecule has 0 heterocycles. The molecule has 1 aliphatic rings. The minimum absolute atomic E-state index is 0.129. The molecule has 1 fully saturated rings. The summed E-state index contributed by atoms with van der Waals surface area (Å²) in [5, 5.41) is 3.72. The smallest absolute Gasteiger partial charge is 0.123 e. The monoisotopic (exact) mass is 291 g/mol. The minimum Gasteiger partial charge on any atom is -0.310 e. The standard InChI is InChI=1S/C19H30FN/c1-5-12-21-18(15-8-10-19(3,4)11-9-15)17-7-6-16(20)13-14(17)2/h6-7,13,15,18,21H,5,8-12H2,1-4H3. The van der Waals surface area contributed by atoms with Gasteiger partial charge in [-0.3, -0.25) is 0 Å². The van der Waals surface area contributed by atoms with E-state index in [0.717, 1.165) is 18.5 Å². The molecule has 1 saturated carbocycles. The van der Waals surface area contributed by atoms with Crippen molar-refractivity contribution < 1.29 is 4.39 Å². The Morgan fingerprint density at radius 1 is 1.29 bits per heavy atom. The molecule has 118 valence electrons. The number of rotatable bonds is 5. The van der Waals surface area contributed by atoms with Gasteiger partial charge in [0, 0.05) is 6.04 Å². The molecule has 21 heavy (non-hydrogen) atoms. The van der Waals surface area contributed by atoms with E-state index in [1.807, 2.05) is 13.0 Å². The number of hydrogen-bond donors (Lipinski definition) is 1. The largest absolute Gasteiger partial charge is 0.310 e. The summed E-state index contributed by atoms with van der Waals surface area (Å²) >= 11 is 0. The summed E-state index contributed by atoms with van der Waals surface area (Å²) in [4.78, 5) is 0. The molecule has 1 nitrogen and oxygen atoms in total. The van der Waals surface area contributed by atoms with Crippen LogP contribution < -0.4 is 5.32 Å². The van der Waals surface area contributed by atoms with Gasteiger partial charge in [0.25, 0.3) is 0 Å². The van der Waals surface area contributed by atoms with E-state index in [9.17, 15) is 4.39 Å². The van der Waals surface area contributed by atoms with Gasteiger partial charge in [-0.15, -0.1) is 0 Å². The summed E-state index contributed by atoms with van der Waals surface area (Å²) in [7, 11) is 0. The van der Waals surface area contributed by atoms with E-state index in [4.69, 9.17) is 0 Å². The Labute approximate surface area is 129 Å². The van der Waals surface area contributed by atoms with Crippen molar-refractivity contribution in [3.8, 4) is 0 Å². The molecule has 1 atom stereocenters. The lowest BCUT2D eigenvalue weighted by molar-refractivity contribution is 0.161. The Hall–Kier alpha value is -0.890. The van der Waals surface area contributed by atoms with Crippen LogP contribution in [0.25, 0.3) is 0 Å². The number of hydrogen-bond acceptors (Lipinski definition) is 1. The maximum atomic E-state index is 13.4. The molecule has 0 amide bonds. The predicted octanol–water partition coefficient (Wildman–Crippen LogP) is 5.39. The molecular formula is C19H30FN. The fourth-order valence-electron chi connectivity index (χ4n) is 3.57. The summed E-state index contributed by atoms with van der Waals surface area (Å²) in [6.45, 7) is 10.0. The highest BCUT2D eigenvalue weighted by Gasteiger charge is 2.32. The fraction of sp³-hybridized carbons (Fsp3) is 0.684. The van der Waals surface area contributed by atoms with Crippen LogP contribution >= 0.6 is 0 Å². The van der Waals surface area contributed by atoms with Gasteiger partial charge in [0.1, 0.15) is 5.82 Å². The molecule has 2 heteroatoms. The van der Waals surface area contributed by atoms with Gasteiger partial charge in [0.05, 0.1) is 0 Å². The highest BCUT2D eigenvalue weighted by Crippen LogP contribution is 2.43. The van der Waals surface area contributed by atoms with Crippen LogP contribution in [0, 0.1) is 24.1 Å². The first-order valence-corrected chi connectivity index (χ1v) is 8.42. The molecule has 0 bridgehead atoms. The normalized spacial score (nSPS) is 20.4. The Bertz CT molecular complexity index is 457. The second-order valence-corrected chi connectivity index (χ2v) is 7.43. The van der Waals surface area contributed by atoms with Crippen LogP contribution in [-0.4, -0.2) is 6.54 Å². The molecule has 0 saturated heterocycles. The van der Waals surface area contributed by atoms with Gasteiger partial charge < -0.3 is 5.32 Å². The summed E-state index contributed by atoms with van der Waals surface area (Å²) in [5.41, 5.74) is 2.85. The quantitative estimate of drug-likeness (QED) is 0.766. The molecular weight excluding hydrogens is 261 g/mol. The van der Waals surface area contributed by atoms with Crippen LogP contribution in [0.15, 0.2) is 18.2 Å². The molecule has 1 N–H and O–H groups in total. The third-order valence-electron chi connectivity index (χ3n) is 5.04. The fourth-order valence-corrected chi connectivity index (χ4v) is 3.57. The van der Waals surface area contributed by atoms with E-state index in [1.165, 1.54) is 31.2 Å². The summed E-state index contributed by atoms with van der Waals surface area (Å²) < 4.78 is 13.4. The maximum absolute atomic E-state index is 13.4. The highest BCUT2D eigenvalue weighted by molar-refractivity contribution is 5.30. The molecule has 2 rings (SSSR count). The van der Waals surface area contributed by atoms with E-state index in [0.29, 0.717) is 17.4 Å². The maximum Gasteiger partial charge on any atom is 0.123 e. The molecule has 0 spiro atoms. The van der Waals surface area contributed by atoms with Gasteiger partial charge in [-0.05, 0) is 80.2 Å². The average Bonchev–Trinajstić information content (AvgIpc) is 2.42. The highest BCUT2D eigenvalue weighted by atomic mass is 19.1. The average molecular weight is 291 g/mol. The SMILES string of the molecule is CCCNC(c1ccc(F)cc1C)C1CCC(C)(C)CC1. The minimum atomic E-state index is -0.129. The first kappa shape index (κ1) is 16.5. The van der Waals surface area contributed by atoms with Crippen LogP contribution in [0.1, 0.15) is 70.0 Å². The second-order valence-electron chi connectivity index (χ2n) is 7.43. The van der Waals surface area contributed by atoms with Gasteiger partial charge in [-0.2, -0.15) is 0 Å². The van der Waals surface area contributed by atoms with E-state index < -0.39 is 0 Å². The van der Waals surface area contributed by atoms with Crippen molar-refractivity contribution in [1.82, 2.24) is 5.32 Å². The molecule has 0 radical (unpaired) electrons. The molecule has 1 aliphatic carbocycles. The van der Waals surface area contributed by atoms with Crippen molar-refractivity contribution in [2.75, 3.05) is 6.54 Å². The summed E-state index contributed by atoms with van der Waals surface area (Å²) in [6, 6.07) is 5.64. The lowest BCUT2D eigenvalue weighted by Gasteiger charge is -2.39. The van der Waals surface area contributed by atoms with Crippen molar-refractivity contribution in [1.29, 1.82) is 0 Å². The Morgan fingerprint density at radius 3 is 2.52 bits per heavy atom. The van der Waals surface area contributed by atoms with E-state index in [1.54, 1.807) is 12.1 Å². The number of benzene rings is 1. The van der Waals surface area contributed by atoms with Crippen LogP contribution in [0.4, 0.5) is 4.39 Å². The Morgan fingerprint density at radius 2 is 1.95 bits per heavy atom. The molecule has 0 aromatic heterocycles. The zero-order valence-electron chi connectivity index (χ0n) is 14.0. The number of nitrogens with one attached hydrogen (secondary N) is 1. The zero-order valence-corrected chi connectivity index (χ0v) is 14.0. The van der Waals surface area contributed by atoms with Crippen LogP contribution in [0.5, 0.6) is 0 Å². The van der Waals surface area contributed by atoms with Gasteiger partial charge in [0.2, 0.25) is 0 Å². The topological polar surface area (TPSA) is 12.0 Å². The number of aryl methyl sites for hydroxylation is 1. The summed E-state index contributed by atoms with van der Waals surface area (Å²) in [5.74, 6) is 0.545. The van der Waals surface area contributed by atoms with E-state index in [-0.39, 0.29) is 5.82 Å². The van der Waals surface area contributed by atoms with Gasteiger partial charge in [-0.25, -0.2) is 4.39 Å². The number of halogens is 1. The Balaban J connectivity index is 2.18. The van der Waals surface area contributed by atoms with Crippen LogP contribution in [0.2, 0.25) is 0 Å². The predicted molar refractivity (Wildman–Crippen MR) is 87.9 cm³/mol. The molecule has 1 aromatic carbocycles. The van der Waals surface area contributed by atoms with Gasteiger partial charge in [0.15, 0.2) is 0 Å². The zero-order chi connectivity index (χ0) is 15.5. The first-order chi connectivity index (χ1) is 9.93. The Kier molecular flexibility index (Phi) is 5.43. The first-order valence-electron chi connectivity index (χ1n) is 8.42. The molecule has 1 aromatic rings. The van der Waals surface area contributed by atoms with Crippen molar-refractivity contribution in [3.05, 3.63) is 35.1 Å². The van der Waals surface area contributed by atoms with Gasteiger partial charge in [-0.1, -0.05) is 26.8 Å². The van der Waals surface area contributed by atoms with Crippen LogP contribution in [0.3, 0.4) is 0 Å². The van der Waals surface area contributed by atoms with E-state index in [2.05, 4.69) is 26.1 Å². The van der Waals surface area contributed by atoms with Gasteiger partial charge >= 0.3 is 0 Å². The molecule has 1 unspecified atom stereocenters. The lowest BCUT2D eigenvalue weighted by Crippen LogP contribution is -2.33. The van der Waals surface area contributed by atoms with Crippen molar-refractivity contribution in [3.63, 3.8) is 0 Å². The third-order valence-corrected chi connectivity index (χ3v) is 5.04. The van der Waals surface area contributed by atoms with Crippen molar-refractivity contribution in [2.24, 2.45) is 11.3 Å². The summed E-state index contributed by atoms with van der Waals surface area (Å²) in [6.07, 6.45) is 6.26.